The minimum atomic E-state index is -0.573. The van der Waals surface area contributed by atoms with Crippen LogP contribution in [0.3, 0.4) is 0 Å². The van der Waals surface area contributed by atoms with Gasteiger partial charge in [-0.15, -0.1) is 10.2 Å². The maximum absolute atomic E-state index is 13.6. The van der Waals surface area contributed by atoms with E-state index >= 15 is 0 Å². The van der Waals surface area contributed by atoms with Gasteiger partial charge in [-0.25, -0.2) is 0 Å². The topological polar surface area (TPSA) is 148 Å². The summed E-state index contributed by atoms with van der Waals surface area (Å²) in [5.74, 6) is -0.145. The van der Waals surface area contributed by atoms with Gasteiger partial charge in [-0.1, -0.05) is 36.4 Å². The molecule has 57 heavy (non-hydrogen) atoms. The molecule has 2 unspecified atom stereocenters. The number of nitrogens with zero attached hydrogens (tertiary/aromatic N) is 6. The fourth-order valence-electron chi connectivity index (χ4n) is 8.20. The SMILES string of the molecule is Cn1cc(C(=O)N2CCCC2C(=O)Nc2ccc(-c3nnc(-c4ccc(NC(=O)C5CCCN5C(=O)c5cn(C)c6ccccc56)cc4)o3)cc2)c2ccccc21. The van der Waals surface area contributed by atoms with Crippen LogP contribution in [-0.2, 0) is 23.7 Å². The van der Waals surface area contributed by atoms with Crippen LogP contribution in [0.1, 0.15) is 46.4 Å². The Labute approximate surface area is 327 Å². The molecule has 286 valence electrons. The molecule has 2 aliphatic heterocycles. The second kappa shape index (κ2) is 14.6. The van der Waals surface area contributed by atoms with Gasteiger partial charge in [0.2, 0.25) is 23.6 Å². The number of aryl methyl sites for hydroxylation is 2. The molecule has 0 aliphatic carbocycles. The van der Waals surface area contributed by atoms with Gasteiger partial charge in [0.25, 0.3) is 11.8 Å². The molecular weight excluding hydrogens is 721 g/mol. The number of para-hydroxylation sites is 2. The van der Waals surface area contributed by atoms with E-state index in [1.807, 2.05) is 84.2 Å². The van der Waals surface area contributed by atoms with Gasteiger partial charge in [-0.2, -0.15) is 0 Å². The number of hydrogen-bond donors (Lipinski definition) is 2. The van der Waals surface area contributed by atoms with E-state index in [1.165, 1.54) is 0 Å². The van der Waals surface area contributed by atoms with Gasteiger partial charge in [0.1, 0.15) is 12.1 Å². The molecule has 2 saturated heterocycles. The van der Waals surface area contributed by atoms with Crippen LogP contribution in [0.2, 0.25) is 0 Å². The Hall–Kier alpha value is -7.02. The van der Waals surface area contributed by atoms with E-state index in [1.54, 1.807) is 58.3 Å². The van der Waals surface area contributed by atoms with Crippen molar-refractivity contribution in [1.29, 1.82) is 0 Å². The van der Waals surface area contributed by atoms with Crippen LogP contribution in [0.4, 0.5) is 11.4 Å². The van der Waals surface area contributed by atoms with Crippen molar-refractivity contribution in [3.05, 3.63) is 121 Å². The lowest BCUT2D eigenvalue weighted by Gasteiger charge is -2.24. The normalized spacial score (nSPS) is 16.7. The van der Waals surface area contributed by atoms with Gasteiger partial charge in [0.15, 0.2) is 0 Å². The van der Waals surface area contributed by atoms with Crippen molar-refractivity contribution in [3.63, 3.8) is 0 Å². The molecular formula is C44H40N8O5. The van der Waals surface area contributed by atoms with E-state index in [-0.39, 0.29) is 23.6 Å². The monoisotopic (exact) mass is 760 g/mol. The van der Waals surface area contributed by atoms with Gasteiger partial charge in [0, 0.05) is 83.9 Å². The second-order valence-corrected chi connectivity index (χ2v) is 14.7. The number of aromatic nitrogens is 4. The van der Waals surface area contributed by atoms with E-state index < -0.39 is 12.1 Å². The summed E-state index contributed by atoms with van der Waals surface area (Å²) in [4.78, 5) is 57.5. The van der Waals surface area contributed by atoms with E-state index in [0.717, 1.165) is 34.6 Å². The van der Waals surface area contributed by atoms with Crippen molar-refractivity contribution < 1.29 is 23.6 Å². The average Bonchev–Trinajstić information content (AvgIpc) is 4.09. The summed E-state index contributed by atoms with van der Waals surface area (Å²) in [7, 11) is 3.83. The molecule has 3 aromatic heterocycles. The minimum absolute atomic E-state index is 0.145. The standard InChI is InChI=1S/C44H40N8O5/c1-49-25-33(31-9-3-5-11-35(31)49)43(55)51-23-7-13-37(51)39(53)45-29-19-15-27(16-20-29)41-47-48-42(57-41)28-17-21-30(22-18-28)46-40(54)38-14-8-24-52(38)44(56)34-26-50(2)36-12-6-4-10-32(34)36/h3-6,9-12,15-22,25-26,37-38H,7-8,13-14,23-24H2,1-2H3,(H,45,53)(H,46,54). The van der Waals surface area contributed by atoms with Crippen molar-refractivity contribution in [2.75, 3.05) is 23.7 Å². The number of benzene rings is 4. The predicted octanol–water partition coefficient (Wildman–Crippen LogP) is 6.87. The van der Waals surface area contributed by atoms with Crippen LogP contribution >= 0.6 is 0 Å². The number of carbonyl (C=O) groups is 4. The smallest absolute Gasteiger partial charge is 0.256 e. The first-order valence-electron chi connectivity index (χ1n) is 19.1. The molecule has 13 heteroatoms. The Morgan fingerprint density at radius 2 is 0.982 bits per heavy atom. The molecule has 4 aromatic carbocycles. The Bertz CT molecular complexity index is 2490. The van der Waals surface area contributed by atoms with Crippen molar-refractivity contribution in [1.82, 2.24) is 29.1 Å². The van der Waals surface area contributed by atoms with Gasteiger partial charge in [-0.3, -0.25) is 19.2 Å². The van der Waals surface area contributed by atoms with Crippen LogP contribution in [0.5, 0.6) is 0 Å². The summed E-state index contributed by atoms with van der Waals surface area (Å²) in [6.07, 6.45) is 6.34. The zero-order valence-corrected chi connectivity index (χ0v) is 31.5. The third kappa shape index (κ3) is 6.60. The van der Waals surface area contributed by atoms with Gasteiger partial charge < -0.3 is 34.0 Å². The van der Waals surface area contributed by atoms with Crippen LogP contribution in [0.15, 0.2) is 114 Å². The molecule has 0 radical (unpaired) electrons. The Kier molecular flexibility index (Phi) is 9.12. The summed E-state index contributed by atoms with van der Waals surface area (Å²) < 4.78 is 9.87. The van der Waals surface area contributed by atoms with Crippen LogP contribution in [-0.4, -0.2) is 77.9 Å². The van der Waals surface area contributed by atoms with E-state index in [2.05, 4.69) is 20.8 Å². The largest absolute Gasteiger partial charge is 0.416 e. The highest BCUT2D eigenvalue weighted by Crippen LogP contribution is 2.30. The van der Waals surface area contributed by atoms with Crippen molar-refractivity contribution >= 4 is 56.8 Å². The number of rotatable bonds is 8. The molecule has 5 heterocycles. The van der Waals surface area contributed by atoms with Gasteiger partial charge >= 0.3 is 0 Å². The van der Waals surface area contributed by atoms with Crippen molar-refractivity contribution in [2.24, 2.45) is 14.1 Å². The summed E-state index contributed by atoms with van der Waals surface area (Å²) in [5, 5.41) is 16.2. The molecule has 2 aliphatic rings. The third-order valence-electron chi connectivity index (χ3n) is 11.1. The van der Waals surface area contributed by atoms with E-state index in [4.69, 9.17) is 4.42 Å². The highest BCUT2D eigenvalue weighted by molar-refractivity contribution is 6.10. The Morgan fingerprint density at radius 3 is 1.40 bits per heavy atom. The quantitative estimate of drug-likeness (QED) is 0.172. The first kappa shape index (κ1) is 35.7. The molecule has 2 N–H and O–H groups in total. The molecule has 2 atom stereocenters. The van der Waals surface area contributed by atoms with Crippen molar-refractivity contribution in [3.8, 4) is 22.9 Å². The van der Waals surface area contributed by atoms with Gasteiger partial charge in [0.05, 0.1) is 11.1 Å². The molecule has 9 rings (SSSR count). The molecule has 0 bridgehead atoms. The minimum Gasteiger partial charge on any atom is -0.416 e. The average molecular weight is 761 g/mol. The fourth-order valence-corrected chi connectivity index (χ4v) is 8.20. The number of likely N-dealkylation sites (tertiary alicyclic amines) is 2. The first-order valence-corrected chi connectivity index (χ1v) is 19.1. The maximum atomic E-state index is 13.6. The Morgan fingerprint density at radius 1 is 0.579 bits per heavy atom. The fraction of sp³-hybridized carbons (Fsp3) is 0.227. The molecule has 0 saturated carbocycles. The zero-order valence-electron chi connectivity index (χ0n) is 31.5. The van der Waals surface area contributed by atoms with Crippen LogP contribution < -0.4 is 10.6 Å². The first-order chi connectivity index (χ1) is 27.7. The van der Waals surface area contributed by atoms with E-state index in [9.17, 15) is 19.2 Å². The van der Waals surface area contributed by atoms with Crippen molar-refractivity contribution in [2.45, 2.75) is 37.8 Å². The Balaban J connectivity index is 0.818. The molecule has 2 fully saturated rings. The number of carbonyl (C=O) groups excluding carboxylic acids is 4. The van der Waals surface area contributed by atoms with Gasteiger partial charge in [-0.05, 0) is 86.3 Å². The van der Waals surface area contributed by atoms with Crippen LogP contribution in [0.25, 0.3) is 44.7 Å². The zero-order chi connectivity index (χ0) is 39.2. The van der Waals surface area contributed by atoms with E-state index in [0.29, 0.717) is 71.3 Å². The van der Waals surface area contributed by atoms with Crippen LogP contribution in [0, 0.1) is 0 Å². The summed E-state index contributed by atoms with van der Waals surface area (Å²) >= 11 is 0. The summed E-state index contributed by atoms with van der Waals surface area (Å²) in [6.45, 7) is 1.04. The maximum Gasteiger partial charge on any atom is 0.256 e. The second-order valence-electron chi connectivity index (χ2n) is 14.7. The highest BCUT2D eigenvalue weighted by atomic mass is 16.4. The molecule has 0 spiro atoms. The highest BCUT2D eigenvalue weighted by Gasteiger charge is 2.37. The number of hydrogen-bond acceptors (Lipinski definition) is 7. The molecule has 4 amide bonds. The number of anilines is 2. The molecule has 7 aromatic rings. The number of nitrogens with one attached hydrogen (secondary N) is 2. The lowest BCUT2D eigenvalue weighted by atomic mass is 10.1. The number of amides is 4. The molecule has 13 nitrogen and oxygen atoms in total. The summed E-state index contributed by atoms with van der Waals surface area (Å²) in [6, 6.07) is 28.6. The predicted molar refractivity (Wildman–Crippen MR) is 216 cm³/mol. The number of fused-ring (bicyclic) bond motifs is 2. The lowest BCUT2D eigenvalue weighted by Crippen LogP contribution is -2.43. The lowest BCUT2D eigenvalue weighted by molar-refractivity contribution is -0.120. The third-order valence-corrected chi connectivity index (χ3v) is 11.1. The summed E-state index contributed by atoms with van der Waals surface area (Å²) in [5.41, 5.74) is 5.64.